The molecule has 1 heterocycles. The Bertz CT molecular complexity index is 1070. The monoisotopic (exact) mass is 431 g/mol. The Kier molecular flexibility index (Phi) is 6.64. The van der Waals surface area contributed by atoms with Crippen LogP contribution in [0, 0.1) is 0 Å². The lowest BCUT2D eigenvalue weighted by molar-refractivity contribution is 0.0950. The highest BCUT2D eigenvalue weighted by Gasteiger charge is 2.26. The Morgan fingerprint density at radius 3 is 2.79 bits per heavy atom. The molecular formula is C20H19Cl2N5O2. The Labute approximate surface area is 178 Å². The van der Waals surface area contributed by atoms with Gasteiger partial charge in [-0.3, -0.25) is 9.79 Å². The zero-order valence-electron chi connectivity index (χ0n) is 16.1. The molecule has 1 aromatic carbocycles. The van der Waals surface area contributed by atoms with E-state index in [1.54, 1.807) is 26.2 Å². The van der Waals surface area contributed by atoms with Crippen LogP contribution in [0.4, 0.5) is 0 Å². The Morgan fingerprint density at radius 1 is 1.34 bits per heavy atom. The van der Waals surface area contributed by atoms with Gasteiger partial charge in [0.25, 0.3) is 0 Å². The fourth-order valence-electron chi connectivity index (χ4n) is 3.05. The number of nitrogens with zero attached hydrogens (tertiary/aromatic N) is 4. The van der Waals surface area contributed by atoms with Gasteiger partial charge in [-0.2, -0.15) is 5.10 Å². The van der Waals surface area contributed by atoms with Crippen molar-refractivity contribution in [2.75, 3.05) is 21.2 Å². The van der Waals surface area contributed by atoms with Gasteiger partial charge >= 0.3 is 0 Å². The first-order valence-corrected chi connectivity index (χ1v) is 9.42. The lowest BCUT2D eigenvalue weighted by Gasteiger charge is -2.19. The predicted octanol–water partition coefficient (Wildman–Crippen LogP) is 3.57. The second kappa shape index (κ2) is 9.17. The molecule has 0 spiro atoms. The van der Waals surface area contributed by atoms with Gasteiger partial charge in [0.2, 0.25) is 11.6 Å². The maximum atomic E-state index is 13.2. The molecule has 1 aliphatic rings. The molecule has 1 aliphatic carbocycles. The van der Waals surface area contributed by atoms with Crippen LogP contribution in [0.25, 0.3) is 5.57 Å². The average Bonchev–Trinajstić information content (AvgIpc) is 3.17. The molecule has 0 aliphatic heterocycles. The van der Waals surface area contributed by atoms with Crippen molar-refractivity contribution < 1.29 is 9.53 Å². The third-order valence-corrected chi connectivity index (χ3v) is 4.85. The molecule has 0 atom stereocenters. The number of aromatic nitrogens is 3. The first-order valence-electron chi connectivity index (χ1n) is 8.66. The second-order valence-corrected chi connectivity index (χ2v) is 6.85. The van der Waals surface area contributed by atoms with E-state index in [9.17, 15) is 4.79 Å². The lowest BCUT2D eigenvalue weighted by Crippen LogP contribution is -2.25. The summed E-state index contributed by atoms with van der Waals surface area (Å²) in [5.74, 6) is -0.167. The maximum absolute atomic E-state index is 13.2. The summed E-state index contributed by atoms with van der Waals surface area (Å²) in [6.45, 7) is 0.115. The van der Waals surface area contributed by atoms with Crippen molar-refractivity contribution in [1.82, 2.24) is 20.1 Å². The number of likely N-dealkylation sites (N-methyl/N-ethyl adjacent to an activating group) is 1. The molecule has 0 unspecified atom stereocenters. The quantitative estimate of drug-likeness (QED) is 0.558. The van der Waals surface area contributed by atoms with E-state index in [0.717, 1.165) is 11.1 Å². The number of Topliss-reactive ketones (excluding diaryl/α,β-unsaturated/α-hetero) is 1. The molecule has 0 bridgehead atoms. The van der Waals surface area contributed by atoms with Crippen LogP contribution < -0.4 is 5.32 Å². The summed E-state index contributed by atoms with van der Waals surface area (Å²) in [7, 11) is 4.86. The zero-order valence-corrected chi connectivity index (χ0v) is 17.6. The van der Waals surface area contributed by atoms with Gasteiger partial charge in [0, 0.05) is 48.0 Å². The average molecular weight is 432 g/mol. The number of carbonyl (C=O) groups excluding carboxylic acids is 1. The van der Waals surface area contributed by atoms with E-state index in [1.807, 2.05) is 24.3 Å². The highest BCUT2D eigenvalue weighted by Crippen LogP contribution is 2.32. The maximum Gasteiger partial charge on any atom is 0.246 e. The minimum absolute atomic E-state index is 0.115. The summed E-state index contributed by atoms with van der Waals surface area (Å²) in [5, 5.41) is 8.05. The van der Waals surface area contributed by atoms with Crippen molar-refractivity contribution in [3.8, 4) is 0 Å². The van der Waals surface area contributed by atoms with E-state index in [0.29, 0.717) is 27.0 Å². The number of aliphatic imine (C=N–C) groups is 1. The van der Waals surface area contributed by atoms with E-state index < -0.39 is 0 Å². The third-order valence-electron chi connectivity index (χ3n) is 4.30. The van der Waals surface area contributed by atoms with Crippen LogP contribution in [0.3, 0.4) is 0 Å². The van der Waals surface area contributed by atoms with Crippen LogP contribution in [0.1, 0.15) is 16.2 Å². The van der Waals surface area contributed by atoms with Crippen molar-refractivity contribution in [3.05, 3.63) is 75.5 Å². The van der Waals surface area contributed by atoms with Gasteiger partial charge in [-0.25, -0.2) is 9.67 Å². The largest absolute Gasteiger partial charge is 0.384 e. The lowest BCUT2D eigenvalue weighted by atomic mass is 9.89. The number of hydrogen-bond acceptors (Lipinski definition) is 6. The first-order chi connectivity index (χ1) is 14.0. The summed E-state index contributed by atoms with van der Waals surface area (Å²) in [6.07, 6.45) is 6.87. The minimum atomic E-state index is -0.327. The van der Waals surface area contributed by atoms with E-state index in [1.165, 1.54) is 18.1 Å². The molecule has 2 aromatic rings. The molecule has 9 heteroatoms. The molecular weight excluding hydrogens is 413 g/mol. The Morgan fingerprint density at radius 2 is 2.14 bits per heavy atom. The smallest absolute Gasteiger partial charge is 0.246 e. The van der Waals surface area contributed by atoms with Crippen LogP contribution in [0.2, 0.25) is 10.0 Å². The van der Waals surface area contributed by atoms with Crippen molar-refractivity contribution in [1.29, 1.82) is 0 Å². The standard InChI is InChI=1S/C20H19Cl2N5O2/c1-23-17-14(13-8-7-12(21)9-16(13)22)5-4-6-15(17)18(24-2)19(28)20-25-10-26-27(20)11-29-3/h4-10,24H,11H2,1-3H3/b18-15-,23-17-. The van der Waals surface area contributed by atoms with Crippen LogP contribution in [0.5, 0.6) is 0 Å². The predicted molar refractivity (Wildman–Crippen MR) is 114 cm³/mol. The van der Waals surface area contributed by atoms with E-state index in [4.69, 9.17) is 27.9 Å². The molecule has 1 N–H and O–H groups in total. The van der Waals surface area contributed by atoms with E-state index in [-0.39, 0.29) is 18.3 Å². The molecule has 0 saturated heterocycles. The van der Waals surface area contributed by atoms with Crippen molar-refractivity contribution in [2.45, 2.75) is 6.73 Å². The fraction of sp³-hybridized carbons (Fsp3) is 0.200. The molecule has 0 amide bonds. The number of rotatable bonds is 6. The highest BCUT2D eigenvalue weighted by atomic mass is 35.5. The summed E-state index contributed by atoms with van der Waals surface area (Å²) in [5.41, 5.74) is 3.13. The summed E-state index contributed by atoms with van der Waals surface area (Å²) < 4.78 is 6.47. The second-order valence-electron chi connectivity index (χ2n) is 6.00. The number of carbonyl (C=O) groups is 1. The number of allylic oxidation sites excluding steroid dienone is 6. The first kappa shape index (κ1) is 21.0. The molecule has 150 valence electrons. The number of methoxy groups -OCH3 is 1. The molecule has 1 aromatic heterocycles. The summed E-state index contributed by atoms with van der Waals surface area (Å²) in [4.78, 5) is 21.7. The molecule has 7 nitrogen and oxygen atoms in total. The molecule has 0 fully saturated rings. The molecule has 29 heavy (non-hydrogen) atoms. The van der Waals surface area contributed by atoms with Crippen LogP contribution >= 0.6 is 23.2 Å². The summed E-state index contributed by atoms with van der Waals surface area (Å²) in [6, 6.07) is 5.26. The Hall–Kier alpha value is -2.74. The van der Waals surface area contributed by atoms with E-state index >= 15 is 0 Å². The van der Waals surface area contributed by atoms with Crippen LogP contribution in [0.15, 0.2) is 59.0 Å². The van der Waals surface area contributed by atoms with Gasteiger partial charge in [-0.15, -0.1) is 0 Å². The topological polar surface area (TPSA) is 81.4 Å². The van der Waals surface area contributed by atoms with Crippen molar-refractivity contribution in [2.24, 2.45) is 4.99 Å². The normalized spacial score (nSPS) is 16.7. The van der Waals surface area contributed by atoms with Gasteiger partial charge < -0.3 is 10.1 Å². The number of nitrogens with one attached hydrogen (secondary N) is 1. The fourth-order valence-corrected chi connectivity index (χ4v) is 3.56. The van der Waals surface area contributed by atoms with Crippen molar-refractivity contribution in [3.63, 3.8) is 0 Å². The summed E-state index contributed by atoms with van der Waals surface area (Å²) >= 11 is 12.4. The number of halogens is 2. The number of hydrogen-bond donors (Lipinski definition) is 1. The van der Waals surface area contributed by atoms with Gasteiger partial charge in [-0.1, -0.05) is 47.5 Å². The highest BCUT2D eigenvalue weighted by molar-refractivity contribution is 6.41. The SMILES string of the molecule is C/N=C1/C(c2ccc(Cl)cc2Cl)=CC=C/C1=C(/NC)C(=O)c1ncnn1COC. The number of ether oxygens (including phenoxy) is 1. The van der Waals surface area contributed by atoms with Gasteiger partial charge in [0.05, 0.1) is 11.4 Å². The number of benzene rings is 1. The van der Waals surface area contributed by atoms with Crippen molar-refractivity contribution >= 4 is 40.3 Å². The molecule has 0 radical (unpaired) electrons. The minimum Gasteiger partial charge on any atom is -0.384 e. The molecule has 3 rings (SSSR count). The third kappa shape index (κ3) is 4.17. The van der Waals surface area contributed by atoms with Crippen LogP contribution in [-0.2, 0) is 11.5 Å². The Balaban J connectivity index is 2.09. The zero-order chi connectivity index (χ0) is 21.0. The number of ketones is 1. The van der Waals surface area contributed by atoms with Crippen LogP contribution in [-0.4, -0.2) is 47.5 Å². The van der Waals surface area contributed by atoms with Gasteiger partial charge in [0.15, 0.2) is 0 Å². The molecule has 0 saturated carbocycles. The van der Waals surface area contributed by atoms with E-state index in [2.05, 4.69) is 20.4 Å². The van der Waals surface area contributed by atoms with Gasteiger partial charge in [0.1, 0.15) is 13.1 Å². The van der Waals surface area contributed by atoms with Gasteiger partial charge in [-0.05, 0) is 12.1 Å².